The van der Waals surface area contributed by atoms with Crippen molar-refractivity contribution in [2.45, 2.75) is 25.8 Å². The third-order valence-corrected chi connectivity index (χ3v) is 6.30. The zero-order valence-electron chi connectivity index (χ0n) is 14.6. The minimum Gasteiger partial charge on any atom is -0.300 e. The molecule has 1 aliphatic heterocycles. The molecule has 3 rings (SSSR count). The molecule has 0 spiro atoms. The molecule has 0 aromatic heterocycles. The second kappa shape index (κ2) is 7.37. The maximum Gasteiger partial charge on any atom is 0.258 e. The Bertz CT molecular complexity index is 932. The van der Waals surface area contributed by atoms with Crippen molar-refractivity contribution >= 4 is 37.4 Å². The molecule has 0 aliphatic carbocycles. The molecule has 2 aromatic carbocycles. The van der Waals surface area contributed by atoms with Crippen molar-refractivity contribution in [2.75, 3.05) is 10.7 Å². The summed E-state index contributed by atoms with van der Waals surface area (Å²) < 4.78 is 24.7. The van der Waals surface area contributed by atoms with Gasteiger partial charge in [0.15, 0.2) is 9.84 Å². The number of hydrogen-bond donors (Lipinski definition) is 0. The summed E-state index contributed by atoms with van der Waals surface area (Å²) in [6.45, 7) is 4.21. The fourth-order valence-corrected chi connectivity index (χ4v) is 4.46. The van der Waals surface area contributed by atoms with Crippen LogP contribution in [-0.4, -0.2) is 26.1 Å². The number of sulfone groups is 1. The van der Waals surface area contributed by atoms with Crippen LogP contribution in [0.1, 0.15) is 35.7 Å². The molecule has 0 unspecified atom stereocenters. The summed E-state index contributed by atoms with van der Waals surface area (Å²) in [6.07, 6.45) is 1.59. The van der Waals surface area contributed by atoms with Crippen LogP contribution in [0, 0.1) is 0 Å². The van der Waals surface area contributed by atoms with Crippen LogP contribution in [0.5, 0.6) is 0 Å². The van der Waals surface area contributed by atoms with Crippen LogP contribution in [0.2, 0.25) is 0 Å². The van der Waals surface area contributed by atoms with E-state index < -0.39 is 15.9 Å². The third kappa shape index (κ3) is 4.07. The average molecular weight is 434 g/mol. The Hall–Kier alpha value is -1.92. The Kier molecular flexibility index (Phi) is 5.34. The number of nitrogens with zero attached hydrogens (tertiary/aromatic N) is 1. The van der Waals surface area contributed by atoms with Crippen LogP contribution in [-0.2, 0) is 9.84 Å². The number of carbonyl (C=O) groups excluding carboxylic acids is 1. The monoisotopic (exact) mass is 433 g/mol. The van der Waals surface area contributed by atoms with E-state index in [1.165, 1.54) is 11.0 Å². The first-order valence-corrected chi connectivity index (χ1v) is 10.9. The Morgan fingerprint density at radius 1 is 1.08 bits per heavy atom. The van der Waals surface area contributed by atoms with E-state index in [9.17, 15) is 13.2 Å². The van der Waals surface area contributed by atoms with E-state index in [4.69, 9.17) is 0 Å². The molecular formula is C20H20BrNO3S. The van der Waals surface area contributed by atoms with Crippen molar-refractivity contribution in [3.8, 4) is 0 Å². The Labute approximate surface area is 162 Å². The molecule has 0 saturated carbocycles. The molecule has 136 valence electrons. The van der Waals surface area contributed by atoms with Crippen LogP contribution in [0.25, 0.3) is 0 Å². The van der Waals surface area contributed by atoms with Crippen LogP contribution >= 0.6 is 15.9 Å². The second-order valence-corrected chi connectivity index (χ2v) is 9.50. The maximum absolute atomic E-state index is 13.2. The smallest absolute Gasteiger partial charge is 0.258 e. The zero-order valence-corrected chi connectivity index (χ0v) is 17.0. The minimum atomic E-state index is -3.27. The predicted octanol–water partition coefficient (Wildman–Crippen LogP) is 4.53. The Balaban J connectivity index is 2.00. The summed E-state index contributed by atoms with van der Waals surface area (Å²) in [5, 5.41) is 1.20. The van der Waals surface area contributed by atoms with Crippen molar-refractivity contribution in [3.63, 3.8) is 0 Å². The highest BCUT2D eigenvalue weighted by atomic mass is 79.9. The van der Waals surface area contributed by atoms with Crippen molar-refractivity contribution in [2.24, 2.45) is 0 Å². The fraction of sp³-hybridized carbons (Fsp3) is 0.250. The van der Waals surface area contributed by atoms with Gasteiger partial charge in [0.2, 0.25) is 0 Å². The van der Waals surface area contributed by atoms with Gasteiger partial charge in [-0.2, -0.15) is 0 Å². The van der Waals surface area contributed by atoms with Gasteiger partial charge in [-0.15, -0.1) is 0 Å². The zero-order chi connectivity index (χ0) is 18.9. The first-order chi connectivity index (χ1) is 12.3. The largest absolute Gasteiger partial charge is 0.300 e. The van der Waals surface area contributed by atoms with Gasteiger partial charge in [0.1, 0.15) is 0 Å². The molecule has 0 radical (unpaired) electrons. The van der Waals surface area contributed by atoms with E-state index >= 15 is 0 Å². The lowest BCUT2D eigenvalue weighted by atomic mass is 10.0. The lowest BCUT2D eigenvalue weighted by Gasteiger charge is -2.28. The second-order valence-electron chi connectivity index (χ2n) is 6.65. The highest BCUT2D eigenvalue weighted by Gasteiger charge is 2.32. The first-order valence-electron chi connectivity index (χ1n) is 8.37. The number of amides is 1. The van der Waals surface area contributed by atoms with Crippen LogP contribution < -0.4 is 4.90 Å². The van der Waals surface area contributed by atoms with Gasteiger partial charge in [-0.25, -0.2) is 8.42 Å². The molecule has 0 bridgehead atoms. The molecule has 0 fully saturated rings. The maximum atomic E-state index is 13.2. The number of benzene rings is 2. The molecule has 1 heterocycles. The van der Waals surface area contributed by atoms with Crippen molar-refractivity contribution in [3.05, 3.63) is 75.6 Å². The summed E-state index contributed by atoms with van der Waals surface area (Å²) in [5.41, 5.74) is 2.37. The average Bonchev–Trinajstić information content (AvgIpc) is 2.95. The normalized spacial score (nSPS) is 18.2. The summed E-state index contributed by atoms with van der Waals surface area (Å²) in [5.74, 6) is 0.0641. The van der Waals surface area contributed by atoms with Gasteiger partial charge >= 0.3 is 0 Å². The molecule has 1 atom stereocenters. The number of carbonyl (C=O) groups is 1. The quantitative estimate of drug-likeness (QED) is 0.711. The summed E-state index contributed by atoms with van der Waals surface area (Å²) >= 11 is 3.36. The van der Waals surface area contributed by atoms with Gasteiger partial charge < -0.3 is 4.90 Å². The van der Waals surface area contributed by atoms with Gasteiger partial charge in [0.05, 0.1) is 11.8 Å². The number of anilines is 1. The van der Waals surface area contributed by atoms with E-state index in [0.29, 0.717) is 17.2 Å². The van der Waals surface area contributed by atoms with E-state index in [1.54, 1.807) is 35.2 Å². The third-order valence-electron chi connectivity index (χ3n) is 4.39. The summed E-state index contributed by atoms with van der Waals surface area (Å²) in [6, 6.07) is 14.3. The molecule has 2 aromatic rings. The van der Waals surface area contributed by atoms with Crippen molar-refractivity contribution in [1.82, 2.24) is 0 Å². The molecule has 4 nitrogen and oxygen atoms in total. The number of hydrogen-bond acceptors (Lipinski definition) is 3. The molecule has 0 N–H and O–H groups in total. The Morgan fingerprint density at radius 2 is 1.69 bits per heavy atom. The molecule has 0 saturated heterocycles. The van der Waals surface area contributed by atoms with Crippen molar-refractivity contribution in [1.29, 1.82) is 0 Å². The highest BCUT2D eigenvalue weighted by Crippen LogP contribution is 2.27. The number of halogens is 1. The van der Waals surface area contributed by atoms with Gasteiger partial charge in [-0.05, 0) is 54.0 Å². The molecule has 1 amide bonds. The van der Waals surface area contributed by atoms with E-state index in [0.717, 1.165) is 4.47 Å². The van der Waals surface area contributed by atoms with Gasteiger partial charge in [-0.1, -0.05) is 41.9 Å². The topological polar surface area (TPSA) is 54.5 Å². The van der Waals surface area contributed by atoms with Crippen LogP contribution in [0.3, 0.4) is 0 Å². The van der Waals surface area contributed by atoms with Gasteiger partial charge in [0, 0.05) is 21.1 Å². The van der Waals surface area contributed by atoms with E-state index in [2.05, 4.69) is 29.8 Å². The molecule has 6 heteroatoms. The molecule has 26 heavy (non-hydrogen) atoms. The fourth-order valence-electron chi connectivity index (χ4n) is 2.93. The van der Waals surface area contributed by atoms with Crippen LogP contribution in [0.4, 0.5) is 5.69 Å². The highest BCUT2D eigenvalue weighted by molar-refractivity contribution is 9.10. The molecule has 1 aliphatic rings. The number of rotatable bonds is 4. The summed E-state index contributed by atoms with van der Waals surface area (Å²) in [4.78, 5) is 14.7. The lowest BCUT2D eigenvalue weighted by molar-refractivity contribution is 0.0983. The standard InChI is InChI=1S/C20H20BrNO3S/c1-14(2)15-5-9-18(10-6-15)22(19-11-12-26(24,25)13-19)20(23)16-3-7-17(21)8-4-16/h3-12,14,19H,13H2,1-2H3/t19-/m0/s1. The van der Waals surface area contributed by atoms with Crippen LogP contribution in [0.15, 0.2) is 64.5 Å². The summed E-state index contributed by atoms with van der Waals surface area (Å²) in [7, 11) is -3.27. The van der Waals surface area contributed by atoms with Crippen molar-refractivity contribution < 1.29 is 13.2 Å². The Morgan fingerprint density at radius 3 is 2.19 bits per heavy atom. The van der Waals surface area contributed by atoms with E-state index in [-0.39, 0.29) is 11.7 Å². The molecular weight excluding hydrogens is 414 g/mol. The lowest BCUT2D eigenvalue weighted by Crippen LogP contribution is -2.41. The predicted molar refractivity (Wildman–Crippen MR) is 108 cm³/mol. The SMILES string of the molecule is CC(C)c1ccc(N(C(=O)c2ccc(Br)cc2)[C@H]2C=CS(=O)(=O)C2)cc1. The van der Waals surface area contributed by atoms with Gasteiger partial charge in [-0.3, -0.25) is 4.79 Å². The van der Waals surface area contributed by atoms with E-state index in [1.807, 2.05) is 24.3 Å². The first kappa shape index (κ1) is 18.9. The minimum absolute atomic E-state index is 0.0960. The van der Waals surface area contributed by atoms with Gasteiger partial charge in [0.25, 0.3) is 5.91 Å².